The third-order valence-electron chi connectivity index (χ3n) is 3.06. The van der Waals surface area contributed by atoms with Gasteiger partial charge < -0.3 is 5.32 Å². The highest BCUT2D eigenvalue weighted by Gasteiger charge is 2.21. The molecule has 1 N–H and O–H groups in total. The Morgan fingerprint density at radius 2 is 2.12 bits per heavy atom. The van der Waals surface area contributed by atoms with Crippen LogP contribution in [0.5, 0.6) is 0 Å². The van der Waals surface area contributed by atoms with E-state index in [1.54, 1.807) is 0 Å². The monoisotopic (exact) mass is 248 g/mol. The Kier molecular flexibility index (Phi) is 3.93. The van der Waals surface area contributed by atoms with Crippen LogP contribution in [-0.2, 0) is 10.8 Å². The van der Waals surface area contributed by atoms with Gasteiger partial charge in [-0.1, -0.05) is 12.1 Å². The van der Waals surface area contributed by atoms with Crippen LogP contribution >= 0.6 is 0 Å². The van der Waals surface area contributed by atoms with E-state index in [2.05, 4.69) is 18.3 Å². The molecule has 3 atom stereocenters. The molecule has 4 heteroatoms. The van der Waals surface area contributed by atoms with Crippen molar-refractivity contribution in [1.29, 1.82) is 5.26 Å². The molecule has 1 fully saturated rings. The Hall–Kier alpha value is -1.18. The van der Waals surface area contributed by atoms with Gasteiger partial charge in [-0.25, -0.2) is 0 Å². The highest BCUT2D eigenvalue weighted by atomic mass is 32.2. The Morgan fingerprint density at radius 1 is 1.41 bits per heavy atom. The van der Waals surface area contributed by atoms with Crippen molar-refractivity contribution in [2.24, 2.45) is 0 Å². The fraction of sp³-hybridized carbons (Fsp3) is 0.462. The molecular formula is C13H16N2OS. The van der Waals surface area contributed by atoms with Crippen molar-refractivity contribution < 1.29 is 4.21 Å². The number of rotatable bonds is 1. The summed E-state index contributed by atoms with van der Waals surface area (Å²) < 4.78 is 11.8. The summed E-state index contributed by atoms with van der Waals surface area (Å²) in [5.74, 6) is 1.44. The zero-order valence-electron chi connectivity index (χ0n) is 9.85. The van der Waals surface area contributed by atoms with Gasteiger partial charge in [-0.3, -0.25) is 4.21 Å². The lowest BCUT2D eigenvalue weighted by Crippen LogP contribution is -2.30. The van der Waals surface area contributed by atoms with E-state index >= 15 is 0 Å². The van der Waals surface area contributed by atoms with Gasteiger partial charge in [-0.15, -0.1) is 0 Å². The van der Waals surface area contributed by atoms with E-state index in [-0.39, 0.29) is 6.04 Å². The zero-order valence-corrected chi connectivity index (χ0v) is 10.7. The summed E-state index contributed by atoms with van der Waals surface area (Å²) in [7, 11) is -0.743. The summed E-state index contributed by atoms with van der Waals surface area (Å²) in [6, 6.07) is 10.2. The minimum absolute atomic E-state index is 0.140. The maximum absolute atomic E-state index is 11.8. The quantitative estimate of drug-likeness (QED) is 0.823. The van der Waals surface area contributed by atoms with Gasteiger partial charge in [-0.05, 0) is 31.0 Å². The Bertz CT molecular complexity index is 449. The van der Waals surface area contributed by atoms with Crippen molar-refractivity contribution in [3.8, 4) is 6.07 Å². The van der Waals surface area contributed by atoms with Crippen molar-refractivity contribution in [3.63, 3.8) is 0 Å². The van der Waals surface area contributed by atoms with Crippen molar-refractivity contribution in [2.75, 3.05) is 11.5 Å². The van der Waals surface area contributed by atoms with Gasteiger partial charge in [0.1, 0.15) is 0 Å². The van der Waals surface area contributed by atoms with Gasteiger partial charge in [0, 0.05) is 34.4 Å². The fourth-order valence-electron chi connectivity index (χ4n) is 2.03. The van der Waals surface area contributed by atoms with E-state index in [0.717, 1.165) is 17.7 Å². The van der Waals surface area contributed by atoms with Crippen LogP contribution in [0.1, 0.15) is 30.5 Å². The predicted octanol–water partition coefficient (Wildman–Crippen LogP) is 1.73. The summed E-state index contributed by atoms with van der Waals surface area (Å²) in [6.07, 6.45) is 0.958. The van der Waals surface area contributed by atoms with Gasteiger partial charge >= 0.3 is 0 Å². The molecular weight excluding hydrogens is 232 g/mol. The normalized spacial score (nSPS) is 29.3. The van der Waals surface area contributed by atoms with E-state index in [0.29, 0.717) is 17.4 Å². The minimum atomic E-state index is -0.743. The van der Waals surface area contributed by atoms with Crippen LogP contribution < -0.4 is 5.32 Å². The average molecular weight is 248 g/mol. The van der Waals surface area contributed by atoms with Crippen molar-refractivity contribution >= 4 is 10.8 Å². The first kappa shape index (κ1) is 12.3. The molecule has 17 heavy (non-hydrogen) atoms. The van der Waals surface area contributed by atoms with E-state index < -0.39 is 10.8 Å². The van der Waals surface area contributed by atoms with Gasteiger partial charge in [-0.2, -0.15) is 5.26 Å². The first-order valence-corrected chi connectivity index (χ1v) is 7.29. The number of nitrogens with one attached hydrogen (secondary N) is 1. The second-order valence-corrected chi connectivity index (χ2v) is 6.07. The summed E-state index contributed by atoms with van der Waals surface area (Å²) >= 11 is 0. The third kappa shape index (κ3) is 3.15. The first-order valence-electron chi connectivity index (χ1n) is 5.80. The molecule has 1 aromatic carbocycles. The second-order valence-electron chi connectivity index (χ2n) is 4.45. The van der Waals surface area contributed by atoms with Crippen molar-refractivity contribution in [2.45, 2.75) is 25.4 Å². The number of hydrogen-bond donors (Lipinski definition) is 1. The lowest BCUT2D eigenvalue weighted by Gasteiger charge is -2.19. The Labute approximate surface area is 104 Å². The highest BCUT2D eigenvalue weighted by molar-refractivity contribution is 7.85. The van der Waals surface area contributed by atoms with Gasteiger partial charge in [0.25, 0.3) is 0 Å². The van der Waals surface area contributed by atoms with Gasteiger partial charge in [0.15, 0.2) is 0 Å². The largest absolute Gasteiger partial charge is 0.307 e. The van der Waals surface area contributed by atoms with Crippen LogP contribution in [0.25, 0.3) is 0 Å². The molecule has 0 bridgehead atoms. The lowest BCUT2D eigenvalue weighted by atomic mass is 10.1. The van der Waals surface area contributed by atoms with E-state index in [9.17, 15) is 4.21 Å². The first-order chi connectivity index (χ1) is 8.19. The lowest BCUT2D eigenvalue weighted by molar-refractivity contribution is 0.484. The summed E-state index contributed by atoms with van der Waals surface area (Å²) in [5, 5.41) is 12.2. The summed E-state index contributed by atoms with van der Waals surface area (Å²) in [6.45, 7) is 2.12. The van der Waals surface area contributed by atoms with Crippen molar-refractivity contribution in [3.05, 3.63) is 35.4 Å². The van der Waals surface area contributed by atoms with Crippen molar-refractivity contribution in [1.82, 2.24) is 5.32 Å². The molecule has 3 unspecified atom stereocenters. The molecule has 2 rings (SSSR count). The maximum Gasteiger partial charge on any atom is 0.0991 e. The average Bonchev–Trinajstić information content (AvgIpc) is 2.51. The van der Waals surface area contributed by atoms with Gasteiger partial charge in [0.05, 0.1) is 11.6 Å². The molecule has 0 aromatic heterocycles. The number of hydrogen-bond acceptors (Lipinski definition) is 3. The molecule has 1 aliphatic rings. The molecule has 0 spiro atoms. The molecule has 1 saturated heterocycles. The second kappa shape index (κ2) is 5.44. The molecule has 1 heterocycles. The molecule has 0 amide bonds. The molecule has 3 nitrogen and oxygen atoms in total. The van der Waals surface area contributed by atoms with Crippen LogP contribution in [0.4, 0.5) is 0 Å². The summed E-state index contributed by atoms with van der Waals surface area (Å²) in [4.78, 5) is 0. The standard InChI is InChI=1S/C13H16N2OS/c1-10-6-7-17(16)9-13(15-10)12-4-2-11(8-14)3-5-12/h2-5,10,13,15H,6-7,9H2,1H3. The third-order valence-corrected chi connectivity index (χ3v) is 4.46. The molecule has 0 radical (unpaired) electrons. The number of nitrogens with zero attached hydrogens (tertiary/aromatic N) is 1. The fourth-order valence-corrected chi connectivity index (χ4v) is 3.48. The topological polar surface area (TPSA) is 52.9 Å². The van der Waals surface area contributed by atoms with Crippen LogP contribution in [0.3, 0.4) is 0 Å². The van der Waals surface area contributed by atoms with Crippen LogP contribution in [0.15, 0.2) is 24.3 Å². The molecule has 0 saturated carbocycles. The van der Waals surface area contributed by atoms with Gasteiger partial charge in [0.2, 0.25) is 0 Å². The molecule has 90 valence electrons. The molecule has 0 aliphatic carbocycles. The number of benzene rings is 1. The molecule has 1 aromatic rings. The van der Waals surface area contributed by atoms with E-state index in [1.165, 1.54) is 0 Å². The summed E-state index contributed by atoms with van der Waals surface area (Å²) in [5.41, 5.74) is 1.78. The zero-order chi connectivity index (χ0) is 12.3. The molecule has 1 aliphatic heterocycles. The minimum Gasteiger partial charge on any atom is -0.307 e. The predicted molar refractivity (Wildman–Crippen MR) is 69.0 cm³/mol. The highest BCUT2D eigenvalue weighted by Crippen LogP contribution is 2.19. The smallest absolute Gasteiger partial charge is 0.0991 e. The number of nitriles is 1. The van der Waals surface area contributed by atoms with Crippen LogP contribution in [0, 0.1) is 11.3 Å². The SMILES string of the molecule is CC1CCS(=O)CC(c2ccc(C#N)cc2)N1. The van der Waals surface area contributed by atoms with E-state index in [4.69, 9.17) is 5.26 Å². The Morgan fingerprint density at radius 3 is 2.76 bits per heavy atom. The van der Waals surface area contributed by atoms with Crippen LogP contribution in [0.2, 0.25) is 0 Å². The van der Waals surface area contributed by atoms with Crippen LogP contribution in [-0.4, -0.2) is 21.8 Å². The van der Waals surface area contributed by atoms with E-state index in [1.807, 2.05) is 24.3 Å². The Balaban J connectivity index is 2.19. The maximum atomic E-state index is 11.8.